The van der Waals surface area contributed by atoms with Gasteiger partial charge in [-0.25, -0.2) is 0 Å². The molecule has 2 atom stereocenters. The molecule has 0 aromatic rings. The lowest BCUT2D eigenvalue weighted by Gasteiger charge is -2.37. The third-order valence-electron chi connectivity index (χ3n) is 2.81. The molecule has 3 nitrogen and oxygen atoms in total. The van der Waals surface area contributed by atoms with Crippen LogP contribution in [0.15, 0.2) is 0 Å². The Labute approximate surface area is 75.7 Å². The average molecular weight is 171 g/mol. The average Bonchev–Trinajstić information content (AvgIpc) is 2.03. The lowest BCUT2D eigenvalue weighted by Crippen LogP contribution is -2.56. The Hall–Kier alpha value is -0.120. The summed E-state index contributed by atoms with van der Waals surface area (Å²) < 4.78 is 0. The van der Waals surface area contributed by atoms with Gasteiger partial charge in [0.1, 0.15) is 0 Å². The number of nitrogens with zero attached hydrogens (tertiary/aromatic N) is 2. The molecule has 0 aromatic heterocycles. The van der Waals surface area contributed by atoms with E-state index in [0.717, 1.165) is 6.54 Å². The van der Waals surface area contributed by atoms with E-state index in [-0.39, 0.29) is 0 Å². The third kappa shape index (κ3) is 2.44. The highest BCUT2D eigenvalue weighted by molar-refractivity contribution is 4.84. The SMILES string of the molecule is CC(C1CN(C)CCN1)N(C)C. The van der Waals surface area contributed by atoms with Crippen LogP contribution in [0, 0.1) is 0 Å². The van der Waals surface area contributed by atoms with Crippen LogP contribution in [0.5, 0.6) is 0 Å². The molecule has 1 heterocycles. The number of nitrogens with one attached hydrogen (secondary N) is 1. The third-order valence-corrected chi connectivity index (χ3v) is 2.81. The second-order valence-electron chi connectivity index (χ2n) is 4.03. The first kappa shape index (κ1) is 9.96. The molecule has 1 aliphatic rings. The van der Waals surface area contributed by atoms with Crippen LogP contribution in [0.4, 0.5) is 0 Å². The highest BCUT2D eigenvalue weighted by atomic mass is 15.2. The van der Waals surface area contributed by atoms with Crippen molar-refractivity contribution in [1.29, 1.82) is 0 Å². The van der Waals surface area contributed by atoms with Gasteiger partial charge in [0.2, 0.25) is 0 Å². The molecule has 1 rings (SSSR count). The minimum atomic E-state index is 0.618. The molecule has 2 unspecified atom stereocenters. The van der Waals surface area contributed by atoms with Gasteiger partial charge >= 0.3 is 0 Å². The molecule has 1 saturated heterocycles. The summed E-state index contributed by atoms with van der Waals surface area (Å²) in [5.74, 6) is 0. The summed E-state index contributed by atoms with van der Waals surface area (Å²) in [6, 6.07) is 1.24. The Morgan fingerprint density at radius 2 is 2.17 bits per heavy atom. The fourth-order valence-electron chi connectivity index (χ4n) is 1.62. The predicted octanol–water partition coefficient (Wildman–Crippen LogP) is -0.160. The van der Waals surface area contributed by atoms with Crippen molar-refractivity contribution < 1.29 is 0 Å². The zero-order valence-corrected chi connectivity index (χ0v) is 8.67. The van der Waals surface area contributed by atoms with E-state index < -0.39 is 0 Å². The smallest absolute Gasteiger partial charge is 0.0348 e. The summed E-state index contributed by atoms with van der Waals surface area (Å²) in [5, 5.41) is 3.55. The first-order chi connectivity index (χ1) is 5.61. The topological polar surface area (TPSA) is 18.5 Å². The molecule has 1 aliphatic heterocycles. The van der Waals surface area contributed by atoms with Crippen LogP contribution >= 0.6 is 0 Å². The summed E-state index contributed by atoms with van der Waals surface area (Å²) in [5.41, 5.74) is 0. The molecule has 0 radical (unpaired) electrons. The van der Waals surface area contributed by atoms with E-state index in [9.17, 15) is 0 Å². The van der Waals surface area contributed by atoms with E-state index in [2.05, 4.69) is 43.2 Å². The van der Waals surface area contributed by atoms with E-state index >= 15 is 0 Å². The number of hydrogen-bond acceptors (Lipinski definition) is 3. The van der Waals surface area contributed by atoms with Crippen molar-refractivity contribution in [1.82, 2.24) is 15.1 Å². The Balaban J connectivity index is 2.40. The van der Waals surface area contributed by atoms with Crippen LogP contribution in [0.3, 0.4) is 0 Å². The van der Waals surface area contributed by atoms with Gasteiger partial charge in [-0.2, -0.15) is 0 Å². The second-order valence-corrected chi connectivity index (χ2v) is 4.03. The van der Waals surface area contributed by atoms with Gasteiger partial charge in [0.15, 0.2) is 0 Å². The first-order valence-electron chi connectivity index (χ1n) is 4.69. The van der Waals surface area contributed by atoms with Crippen LogP contribution < -0.4 is 5.32 Å². The molecule has 1 fully saturated rings. The Bertz CT molecular complexity index is 136. The van der Waals surface area contributed by atoms with Gasteiger partial charge in [-0.15, -0.1) is 0 Å². The van der Waals surface area contributed by atoms with Crippen molar-refractivity contribution in [3.05, 3.63) is 0 Å². The van der Waals surface area contributed by atoms with Gasteiger partial charge in [0, 0.05) is 31.7 Å². The van der Waals surface area contributed by atoms with Crippen LogP contribution in [-0.2, 0) is 0 Å². The van der Waals surface area contributed by atoms with Crippen molar-refractivity contribution in [3.8, 4) is 0 Å². The molecule has 0 aliphatic carbocycles. The van der Waals surface area contributed by atoms with Gasteiger partial charge in [-0.3, -0.25) is 0 Å². The Morgan fingerprint density at radius 3 is 2.67 bits per heavy atom. The molecule has 72 valence electrons. The van der Waals surface area contributed by atoms with Crippen LogP contribution in [0.25, 0.3) is 0 Å². The van der Waals surface area contributed by atoms with Gasteiger partial charge in [0.05, 0.1) is 0 Å². The summed E-state index contributed by atoms with van der Waals surface area (Å²) in [7, 11) is 6.47. The number of rotatable bonds is 2. The molecule has 12 heavy (non-hydrogen) atoms. The quantitative estimate of drug-likeness (QED) is 0.623. The van der Waals surface area contributed by atoms with Crippen molar-refractivity contribution >= 4 is 0 Å². The largest absolute Gasteiger partial charge is 0.310 e. The van der Waals surface area contributed by atoms with Gasteiger partial charge < -0.3 is 15.1 Å². The van der Waals surface area contributed by atoms with E-state index in [4.69, 9.17) is 0 Å². The van der Waals surface area contributed by atoms with E-state index in [1.165, 1.54) is 13.1 Å². The van der Waals surface area contributed by atoms with Gasteiger partial charge in [0.25, 0.3) is 0 Å². The van der Waals surface area contributed by atoms with Gasteiger partial charge in [-0.1, -0.05) is 0 Å². The maximum absolute atomic E-state index is 3.55. The fourth-order valence-corrected chi connectivity index (χ4v) is 1.62. The Kier molecular flexibility index (Phi) is 3.50. The number of hydrogen-bond donors (Lipinski definition) is 1. The maximum Gasteiger partial charge on any atom is 0.0348 e. The molecule has 1 N–H and O–H groups in total. The zero-order valence-electron chi connectivity index (χ0n) is 8.67. The second kappa shape index (κ2) is 4.21. The predicted molar refractivity (Wildman–Crippen MR) is 52.4 cm³/mol. The zero-order chi connectivity index (χ0) is 9.14. The highest BCUT2D eigenvalue weighted by Gasteiger charge is 2.22. The van der Waals surface area contributed by atoms with E-state index in [0.29, 0.717) is 12.1 Å². The Morgan fingerprint density at radius 1 is 1.50 bits per heavy atom. The summed E-state index contributed by atoms with van der Waals surface area (Å²) in [6.45, 7) is 5.74. The standard InChI is InChI=1S/C9H21N3/c1-8(11(2)3)9-7-12(4)6-5-10-9/h8-10H,5-7H2,1-4H3. The van der Waals surface area contributed by atoms with Gasteiger partial charge in [-0.05, 0) is 28.1 Å². The first-order valence-corrected chi connectivity index (χ1v) is 4.69. The molecule has 0 saturated carbocycles. The summed E-state index contributed by atoms with van der Waals surface area (Å²) in [4.78, 5) is 4.66. The summed E-state index contributed by atoms with van der Waals surface area (Å²) in [6.07, 6.45) is 0. The van der Waals surface area contributed by atoms with Crippen LogP contribution in [0.1, 0.15) is 6.92 Å². The molecule has 0 bridgehead atoms. The molecule has 0 spiro atoms. The normalized spacial score (nSPS) is 29.2. The van der Waals surface area contributed by atoms with Crippen LogP contribution in [-0.4, -0.2) is 62.7 Å². The van der Waals surface area contributed by atoms with Crippen molar-refractivity contribution in [2.24, 2.45) is 0 Å². The molecule has 0 amide bonds. The van der Waals surface area contributed by atoms with Crippen molar-refractivity contribution in [2.45, 2.75) is 19.0 Å². The molecular weight excluding hydrogens is 150 g/mol. The van der Waals surface area contributed by atoms with E-state index in [1.807, 2.05) is 0 Å². The summed E-state index contributed by atoms with van der Waals surface area (Å²) >= 11 is 0. The number of piperazine rings is 1. The monoisotopic (exact) mass is 171 g/mol. The molecular formula is C9H21N3. The molecule has 3 heteroatoms. The maximum atomic E-state index is 3.55. The molecule has 0 aromatic carbocycles. The minimum absolute atomic E-state index is 0.618. The van der Waals surface area contributed by atoms with Crippen LogP contribution in [0.2, 0.25) is 0 Å². The van der Waals surface area contributed by atoms with E-state index in [1.54, 1.807) is 0 Å². The van der Waals surface area contributed by atoms with Crippen molar-refractivity contribution in [2.75, 3.05) is 40.8 Å². The highest BCUT2D eigenvalue weighted by Crippen LogP contribution is 2.04. The lowest BCUT2D eigenvalue weighted by atomic mass is 10.1. The minimum Gasteiger partial charge on any atom is -0.310 e. The number of likely N-dealkylation sites (N-methyl/N-ethyl adjacent to an activating group) is 2. The van der Waals surface area contributed by atoms with Crippen molar-refractivity contribution in [3.63, 3.8) is 0 Å². The lowest BCUT2D eigenvalue weighted by molar-refractivity contribution is 0.163. The fraction of sp³-hybridized carbons (Fsp3) is 1.00.